The van der Waals surface area contributed by atoms with Crippen molar-refractivity contribution in [3.8, 4) is 0 Å². The van der Waals surface area contributed by atoms with Gasteiger partial charge in [-0.2, -0.15) is 0 Å². The number of hydrogen-bond donors (Lipinski definition) is 2. The Morgan fingerprint density at radius 2 is 2.14 bits per heavy atom. The average Bonchev–Trinajstić information content (AvgIpc) is 2.91. The fourth-order valence-corrected chi connectivity index (χ4v) is 2.70. The molecule has 0 bridgehead atoms. The van der Waals surface area contributed by atoms with Crippen LogP contribution in [0.25, 0.3) is 0 Å². The molecule has 0 unspecified atom stereocenters. The molecule has 0 spiro atoms. The molecule has 0 saturated carbocycles. The molecule has 6 heteroatoms. The van der Waals surface area contributed by atoms with Gasteiger partial charge < -0.3 is 15.5 Å². The Morgan fingerprint density at radius 1 is 1.33 bits per heavy atom. The summed E-state index contributed by atoms with van der Waals surface area (Å²) in [7, 11) is 4.18. The number of thiazole rings is 1. The second-order valence-electron chi connectivity index (χ2n) is 5.17. The van der Waals surface area contributed by atoms with E-state index in [9.17, 15) is 0 Å². The highest BCUT2D eigenvalue weighted by molar-refractivity contribution is 7.11. The summed E-state index contributed by atoms with van der Waals surface area (Å²) < 4.78 is 0. The zero-order valence-corrected chi connectivity index (χ0v) is 14.6. The SMILES string of the molecule is CCNC(=NCCCN(C)C)NCCc1ncc(CC)s1. The van der Waals surface area contributed by atoms with E-state index < -0.39 is 0 Å². The molecule has 21 heavy (non-hydrogen) atoms. The largest absolute Gasteiger partial charge is 0.357 e. The van der Waals surface area contributed by atoms with Crippen LogP contribution in [0.2, 0.25) is 0 Å². The normalized spacial score (nSPS) is 12.0. The van der Waals surface area contributed by atoms with E-state index in [1.807, 2.05) is 6.20 Å². The number of aromatic nitrogens is 1. The molecule has 0 aliphatic heterocycles. The number of nitrogens with zero attached hydrogens (tertiary/aromatic N) is 3. The van der Waals surface area contributed by atoms with Gasteiger partial charge in [-0.1, -0.05) is 6.92 Å². The third-order valence-electron chi connectivity index (χ3n) is 2.96. The van der Waals surface area contributed by atoms with Gasteiger partial charge in [0.2, 0.25) is 0 Å². The van der Waals surface area contributed by atoms with Crippen LogP contribution in [0.1, 0.15) is 30.2 Å². The van der Waals surface area contributed by atoms with Crippen molar-refractivity contribution in [1.29, 1.82) is 0 Å². The van der Waals surface area contributed by atoms with E-state index in [1.165, 1.54) is 9.88 Å². The van der Waals surface area contributed by atoms with E-state index in [-0.39, 0.29) is 0 Å². The van der Waals surface area contributed by atoms with Crippen molar-refractivity contribution in [2.45, 2.75) is 33.1 Å². The first-order valence-corrected chi connectivity index (χ1v) is 8.57. The summed E-state index contributed by atoms with van der Waals surface area (Å²) in [5.41, 5.74) is 0. The Bertz CT molecular complexity index is 414. The van der Waals surface area contributed by atoms with Crippen LogP contribution in [0.4, 0.5) is 0 Å². The third-order valence-corrected chi connectivity index (χ3v) is 4.16. The molecule has 1 heterocycles. The number of aliphatic imine (C=N–C) groups is 1. The Morgan fingerprint density at radius 3 is 2.76 bits per heavy atom. The van der Waals surface area contributed by atoms with Crippen LogP contribution in [-0.4, -0.2) is 56.1 Å². The molecule has 0 amide bonds. The maximum absolute atomic E-state index is 4.59. The second kappa shape index (κ2) is 10.6. The molecule has 0 fully saturated rings. The quantitative estimate of drug-likeness (QED) is 0.414. The first-order chi connectivity index (χ1) is 10.2. The number of nitrogens with one attached hydrogen (secondary N) is 2. The molecule has 120 valence electrons. The molecule has 1 aromatic heterocycles. The minimum absolute atomic E-state index is 0.852. The lowest BCUT2D eigenvalue weighted by Crippen LogP contribution is -2.38. The van der Waals surface area contributed by atoms with E-state index in [2.05, 4.69) is 53.5 Å². The van der Waals surface area contributed by atoms with Crippen molar-refractivity contribution in [3.63, 3.8) is 0 Å². The number of aryl methyl sites for hydroxylation is 1. The van der Waals surface area contributed by atoms with Crippen molar-refractivity contribution < 1.29 is 0 Å². The summed E-state index contributed by atoms with van der Waals surface area (Å²) in [5, 5.41) is 7.86. The van der Waals surface area contributed by atoms with Gasteiger partial charge in [0.25, 0.3) is 0 Å². The Labute approximate surface area is 132 Å². The molecule has 0 aliphatic carbocycles. The molecule has 0 aromatic carbocycles. The molecule has 1 aromatic rings. The van der Waals surface area contributed by atoms with Crippen molar-refractivity contribution >= 4 is 17.3 Å². The summed E-state index contributed by atoms with van der Waals surface area (Å²) >= 11 is 1.81. The topological polar surface area (TPSA) is 52.6 Å². The van der Waals surface area contributed by atoms with Crippen molar-refractivity contribution in [2.75, 3.05) is 40.3 Å². The predicted molar refractivity (Wildman–Crippen MR) is 92.3 cm³/mol. The number of hydrogen-bond acceptors (Lipinski definition) is 4. The highest BCUT2D eigenvalue weighted by atomic mass is 32.1. The van der Waals surface area contributed by atoms with Crippen LogP contribution in [0, 0.1) is 0 Å². The van der Waals surface area contributed by atoms with Gasteiger partial charge >= 0.3 is 0 Å². The summed E-state index contributed by atoms with van der Waals surface area (Å²) in [6.07, 6.45) is 5.09. The Kier molecular flexibility index (Phi) is 9.01. The number of rotatable bonds is 9. The maximum Gasteiger partial charge on any atom is 0.191 e. The van der Waals surface area contributed by atoms with E-state index in [4.69, 9.17) is 0 Å². The lowest BCUT2D eigenvalue weighted by Gasteiger charge is -2.11. The van der Waals surface area contributed by atoms with Gasteiger partial charge in [-0.05, 0) is 40.4 Å². The number of guanidine groups is 1. The monoisotopic (exact) mass is 311 g/mol. The van der Waals surface area contributed by atoms with Gasteiger partial charge in [0.15, 0.2) is 5.96 Å². The highest BCUT2D eigenvalue weighted by Gasteiger charge is 2.02. The van der Waals surface area contributed by atoms with Gasteiger partial charge in [-0.3, -0.25) is 4.99 Å². The zero-order valence-electron chi connectivity index (χ0n) is 13.8. The van der Waals surface area contributed by atoms with Crippen LogP contribution in [0.3, 0.4) is 0 Å². The molecule has 5 nitrogen and oxygen atoms in total. The van der Waals surface area contributed by atoms with Crippen molar-refractivity contribution in [1.82, 2.24) is 20.5 Å². The summed E-state index contributed by atoms with van der Waals surface area (Å²) in [4.78, 5) is 12.6. The molecule has 1 rings (SSSR count). The van der Waals surface area contributed by atoms with Gasteiger partial charge in [0, 0.05) is 37.1 Å². The van der Waals surface area contributed by atoms with E-state index in [0.717, 1.165) is 51.4 Å². The summed E-state index contributed by atoms with van der Waals surface area (Å²) in [5.74, 6) is 0.906. The lowest BCUT2D eigenvalue weighted by atomic mass is 10.4. The molecule has 2 N–H and O–H groups in total. The molecule has 0 radical (unpaired) electrons. The van der Waals surface area contributed by atoms with Gasteiger partial charge in [-0.15, -0.1) is 11.3 Å². The van der Waals surface area contributed by atoms with Crippen molar-refractivity contribution in [3.05, 3.63) is 16.1 Å². The Hall–Kier alpha value is -1.14. The van der Waals surface area contributed by atoms with Crippen molar-refractivity contribution in [2.24, 2.45) is 4.99 Å². The third kappa shape index (κ3) is 8.02. The minimum Gasteiger partial charge on any atom is -0.357 e. The standard InChI is InChI=1S/C15H29N5S/c1-5-13-12-19-14(21-13)8-10-18-15(16-6-2)17-9-7-11-20(3)4/h12H,5-11H2,1-4H3,(H2,16,17,18). The van der Waals surface area contributed by atoms with Gasteiger partial charge in [0.1, 0.15) is 0 Å². The van der Waals surface area contributed by atoms with E-state index in [1.54, 1.807) is 11.3 Å². The zero-order chi connectivity index (χ0) is 15.5. The lowest BCUT2D eigenvalue weighted by molar-refractivity contribution is 0.403. The van der Waals surface area contributed by atoms with E-state index >= 15 is 0 Å². The smallest absolute Gasteiger partial charge is 0.191 e. The van der Waals surface area contributed by atoms with Crippen LogP contribution in [0.5, 0.6) is 0 Å². The Balaban J connectivity index is 2.30. The predicted octanol–water partition coefficient (Wildman–Crippen LogP) is 1.75. The first-order valence-electron chi connectivity index (χ1n) is 7.76. The molecular formula is C15H29N5S. The summed E-state index contributed by atoms with van der Waals surface area (Å²) in [6, 6.07) is 0. The van der Waals surface area contributed by atoms with Crippen LogP contribution >= 0.6 is 11.3 Å². The molecule has 0 saturated heterocycles. The fourth-order valence-electron chi connectivity index (χ4n) is 1.83. The molecule has 0 atom stereocenters. The fraction of sp³-hybridized carbons (Fsp3) is 0.733. The second-order valence-corrected chi connectivity index (χ2v) is 6.37. The van der Waals surface area contributed by atoms with Gasteiger partial charge in [-0.25, -0.2) is 4.98 Å². The molecule has 0 aliphatic rings. The van der Waals surface area contributed by atoms with Crippen LogP contribution < -0.4 is 10.6 Å². The van der Waals surface area contributed by atoms with E-state index in [0.29, 0.717) is 0 Å². The average molecular weight is 311 g/mol. The maximum atomic E-state index is 4.59. The van der Waals surface area contributed by atoms with Crippen LogP contribution in [-0.2, 0) is 12.8 Å². The minimum atomic E-state index is 0.852. The highest BCUT2D eigenvalue weighted by Crippen LogP contribution is 2.13. The summed E-state index contributed by atoms with van der Waals surface area (Å²) in [6.45, 7) is 7.93. The van der Waals surface area contributed by atoms with Crippen LogP contribution in [0.15, 0.2) is 11.2 Å². The van der Waals surface area contributed by atoms with Gasteiger partial charge in [0.05, 0.1) is 5.01 Å². The first kappa shape index (κ1) is 17.9. The molecular weight excluding hydrogens is 282 g/mol.